The van der Waals surface area contributed by atoms with Gasteiger partial charge in [-0.15, -0.1) is 5.06 Å². The molecule has 2 saturated heterocycles. The minimum atomic E-state index is -1.01. The Bertz CT molecular complexity index is 1830. The van der Waals surface area contributed by atoms with Gasteiger partial charge in [0.25, 0.3) is 17.7 Å². The van der Waals surface area contributed by atoms with Gasteiger partial charge in [0.15, 0.2) is 0 Å². The molecule has 1 aromatic heterocycles. The molecule has 5 amide bonds. The third-order valence-electron chi connectivity index (χ3n) is 8.51. The molecule has 216 valence electrons. The number of nitrogens with one attached hydrogen (secondary N) is 1. The van der Waals surface area contributed by atoms with Crippen LogP contribution >= 0.6 is 0 Å². The van der Waals surface area contributed by atoms with Crippen molar-refractivity contribution in [3.63, 3.8) is 0 Å². The third kappa shape index (κ3) is 4.12. The smallest absolute Gasteiger partial charge is 0.356 e. The Morgan fingerprint density at radius 1 is 0.884 bits per heavy atom. The fourth-order valence-electron chi connectivity index (χ4n) is 6.34. The maximum absolute atomic E-state index is 14.3. The molecule has 0 saturated carbocycles. The third-order valence-corrected chi connectivity index (χ3v) is 8.51. The molecule has 0 radical (unpaired) electrons. The van der Waals surface area contributed by atoms with Gasteiger partial charge in [0, 0.05) is 35.9 Å². The minimum Gasteiger partial charge on any atom is -0.356 e. The fourth-order valence-corrected chi connectivity index (χ4v) is 6.34. The predicted octanol–water partition coefficient (Wildman–Crippen LogP) is 5.00. The van der Waals surface area contributed by atoms with Crippen molar-refractivity contribution in [3.8, 4) is 0 Å². The van der Waals surface area contributed by atoms with Gasteiger partial charge in [0.2, 0.25) is 0 Å². The van der Waals surface area contributed by atoms with Crippen LogP contribution in [0.3, 0.4) is 0 Å². The van der Waals surface area contributed by atoms with E-state index in [9.17, 15) is 24.0 Å². The molecular formula is C33H28N4O6. The second kappa shape index (κ2) is 9.94. The highest BCUT2D eigenvalue weighted by Crippen LogP contribution is 2.45. The van der Waals surface area contributed by atoms with Crippen LogP contribution in [-0.4, -0.2) is 50.7 Å². The summed E-state index contributed by atoms with van der Waals surface area (Å²) in [6.07, 6.45) is 0.189. The molecule has 2 fully saturated rings. The number of fused-ring (bicyclic) bond motifs is 4. The summed E-state index contributed by atoms with van der Waals surface area (Å²) in [6, 6.07) is 20.0. The van der Waals surface area contributed by atoms with E-state index in [0.717, 1.165) is 38.2 Å². The second-order valence-corrected chi connectivity index (χ2v) is 11.3. The first-order valence-electron chi connectivity index (χ1n) is 14.3. The Kier molecular flexibility index (Phi) is 6.16. The number of carbonyl (C=O) groups is 5. The molecule has 4 heterocycles. The largest absolute Gasteiger partial charge is 0.366 e. The van der Waals surface area contributed by atoms with Crippen LogP contribution in [0, 0.1) is 0 Å². The summed E-state index contributed by atoms with van der Waals surface area (Å²) in [5.41, 5.74) is 4.66. The van der Waals surface area contributed by atoms with E-state index in [0.29, 0.717) is 17.4 Å². The average Bonchev–Trinajstić information content (AvgIpc) is 3.62. The first-order chi connectivity index (χ1) is 20.7. The lowest BCUT2D eigenvalue weighted by molar-refractivity contribution is -0.172. The number of amides is 5. The summed E-state index contributed by atoms with van der Waals surface area (Å²) < 4.78 is 0. The molecule has 10 nitrogen and oxygen atoms in total. The van der Waals surface area contributed by atoms with Crippen molar-refractivity contribution in [2.75, 3.05) is 4.90 Å². The second-order valence-electron chi connectivity index (χ2n) is 11.3. The first-order valence-corrected chi connectivity index (χ1v) is 14.3. The number of hydrogen-bond acceptors (Lipinski definition) is 6. The van der Waals surface area contributed by atoms with Crippen LogP contribution in [-0.2, 0) is 25.6 Å². The molecule has 3 aliphatic heterocycles. The van der Waals surface area contributed by atoms with Crippen molar-refractivity contribution in [3.05, 3.63) is 101 Å². The van der Waals surface area contributed by atoms with Gasteiger partial charge in [-0.05, 0) is 40.8 Å². The van der Waals surface area contributed by atoms with E-state index in [1.807, 2.05) is 48.5 Å². The summed E-state index contributed by atoms with van der Waals surface area (Å²) in [4.78, 5) is 77.1. The molecule has 43 heavy (non-hydrogen) atoms. The lowest BCUT2D eigenvalue weighted by Gasteiger charge is -2.36. The van der Waals surface area contributed by atoms with Gasteiger partial charge in [-0.25, -0.2) is 14.5 Å². The number of H-pyrrole nitrogens is 1. The van der Waals surface area contributed by atoms with E-state index in [4.69, 9.17) is 4.84 Å². The predicted molar refractivity (Wildman–Crippen MR) is 156 cm³/mol. The molecule has 1 unspecified atom stereocenters. The highest BCUT2D eigenvalue weighted by Gasteiger charge is 2.53. The number of para-hydroxylation sites is 2. The number of aromatic nitrogens is 1. The number of hydrogen-bond donors (Lipinski definition) is 1. The van der Waals surface area contributed by atoms with Gasteiger partial charge in [0.1, 0.15) is 12.1 Å². The van der Waals surface area contributed by atoms with Crippen molar-refractivity contribution in [1.82, 2.24) is 14.9 Å². The summed E-state index contributed by atoms with van der Waals surface area (Å²) in [7, 11) is 0. The molecule has 7 rings (SSSR count). The zero-order valence-corrected chi connectivity index (χ0v) is 23.6. The van der Waals surface area contributed by atoms with E-state index < -0.39 is 41.8 Å². The molecule has 0 spiro atoms. The molecule has 3 aromatic carbocycles. The maximum Gasteiger partial charge on any atom is 0.366 e. The number of hydroxylamine groups is 2. The molecule has 10 heteroatoms. The fraction of sp³-hybridized carbons (Fsp3) is 0.242. The molecule has 1 N–H and O–H groups in total. The summed E-state index contributed by atoms with van der Waals surface area (Å²) in [6.45, 7) is 4.22. The van der Waals surface area contributed by atoms with Crippen LogP contribution in [0.25, 0.3) is 10.9 Å². The Balaban J connectivity index is 1.31. The molecule has 0 bridgehead atoms. The van der Waals surface area contributed by atoms with E-state index in [-0.39, 0.29) is 24.1 Å². The highest BCUT2D eigenvalue weighted by atomic mass is 16.7. The normalized spacial score (nSPS) is 19.9. The summed E-state index contributed by atoms with van der Waals surface area (Å²) in [5, 5.41) is 1.44. The number of imide groups is 2. The standard InChI is InChI=1S/C33H28N4O6/c1-18(2)19-11-13-20(14-12-19)30-29-23(21-7-3-5-9-24(21)34-29)17-26-31(40)36(33(42)35(26)30)25-10-6-4-8-22(25)32(41)43-37-27(38)15-16-28(37)39/h3-14,18,26,30,34H,15-17H2,1-2H3/t26-,30?/m0/s1. The number of benzene rings is 3. The maximum atomic E-state index is 14.3. The number of nitrogens with zero attached hydrogens (tertiary/aromatic N) is 3. The zero-order chi connectivity index (χ0) is 30.0. The minimum absolute atomic E-state index is 0.0263. The van der Waals surface area contributed by atoms with Crippen molar-refractivity contribution in [2.24, 2.45) is 0 Å². The highest BCUT2D eigenvalue weighted by molar-refractivity contribution is 6.24. The summed E-state index contributed by atoms with van der Waals surface area (Å²) in [5.74, 6) is -2.41. The Morgan fingerprint density at radius 2 is 1.56 bits per heavy atom. The van der Waals surface area contributed by atoms with Crippen molar-refractivity contribution >= 4 is 46.3 Å². The first kappa shape index (κ1) is 26.6. The van der Waals surface area contributed by atoms with Gasteiger partial charge in [-0.2, -0.15) is 0 Å². The molecule has 0 aliphatic carbocycles. The number of urea groups is 1. The van der Waals surface area contributed by atoms with Gasteiger partial charge >= 0.3 is 12.0 Å². The average molecular weight is 577 g/mol. The topological polar surface area (TPSA) is 120 Å². The Morgan fingerprint density at radius 3 is 2.28 bits per heavy atom. The molecular weight excluding hydrogens is 548 g/mol. The van der Waals surface area contributed by atoms with Gasteiger partial charge in [-0.1, -0.05) is 68.4 Å². The molecule has 3 aliphatic rings. The van der Waals surface area contributed by atoms with E-state index in [1.165, 1.54) is 12.1 Å². The molecule has 2 atom stereocenters. The van der Waals surface area contributed by atoms with Crippen molar-refractivity contribution < 1.29 is 28.8 Å². The van der Waals surface area contributed by atoms with E-state index >= 15 is 0 Å². The number of aromatic amines is 1. The molecule has 4 aromatic rings. The van der Waals surface area contributed by atoms with Crippen molar-refractivity contribution in [2.45, 2.75) is 51.1 Å². The van der Waals surface area contributed by atoms with E-state index in [1.54, 1.807) is 17.0 Å². The number of carbonyl (C=O) groups excluding carboxylic acids is 5. The monoisotopic (exact) mass is 576 g/mol. The van der Waals surface area contributed by atoms with Crippen LogP contribution in [0.2, 0.25) is 0 Å². The quantitative estimate of drug-likeness (QED) is 0.264. The van der Waals surface area contributed by atoms with E-state index in [2.05, 4.69) is 18.8 Å². The van der Waals surface area contributed by atoms with Gasteiger partial charge in [0.05, 0.1) is 11.3 Å². The van der Waals surface area contributed by atoms with Crippen LogP contribution in [0.5, 0.6) is 0 Å². The van der Waals surface area contributed by atoms with Crippen LogP contribution in [0.1, 0.15) is 71.4 Å². The lowest BCUT2D eigenvalue weighted by Crippen LogP contribution is -2.44. The van der Waals surface area contributed by atoms with Gasteiger partial charge < -0.3 is 9.82 Å². The lowest BCUT2D eigenvalue weighted by atomic mass is 9.88. The van der Waals surface area contributed by atoms with Crippen molar-refractivity contribution in [1.29, 1.82) is 0 Å². The summed E-state index contributed by atoms with van der Waals surface area (Å²) >= 11 is 0. The van der Waals surface area contributed by atoms with Gasteiger partial charge in [-0.3, -0.25) is 19.3 Å². The zero-order valence-electron chi connectivity index (χ0n) is 23.6. The Hall–Kier alpha value is -5.25. The van der Waals surface area contributed by atoms with Crippen LogP contribution in [0.4, 0.5) is 10.5 Å². The van der Waals surface area contributed by atoms with Crippen LogP contribution in [0.15, 0.2) is 72.8 Å². The van der Waals surface area contributed by atoms with Crippen LogP contribution < -0.4 is 4.90 Å². The number of rotatable bonds is 5. The SMILES string of the molecule is CC(C)c1ccc(C2c3[nH]c4ccccc4c3C[C@H]3C(=O)N(c4ccccc4C(=O)ON4C(=O)CCC4=O)C(=O)N23)cc1. The Labute approximate surface area is 246 Å². The number of anilines is 1.